The van der Waals surface area contributed by atoms with Gasteiger partial charge in [0.25, 0.3) is 5.56 Å². The molecule has 4 aromatic rings. The van der Waals surface area contributed by atoms with Gasteiger partial charge >= 0.3 is 0 Å². The molecule has 5 rings (SSSR count). The third kappa shape index (κ3) is 4.01. The molecule has 5 heterocycles. The van der Waals surface area contributed by atoms with Crippen LogP contribution in [0.15, 0.2) is 35.4 Å². The van der Waals surface area contributed by atoms with Crippen molar-refractivity contribution < 1.29 is 4.39 Å². The minimum atomic E-state index is -0.545. The number of piperazine rings is 1. The van der Waals surface area contributed by atoms with E-state index in [9.17, 15) is 9.18 Å². The first-order valence-corrected chi connectivity index (χ1v) is 12.3. The van der Waals surface area contributed by atoms with E-state index < -0.39 is 5.95 Å². The molecule has 1 aliphatic heterocycles. The third-order valence-corrected chi connectivity index (χ3v) is 7.40. The normalized spacial score (nSPS) is 19.7. The molecule has 0 spiro atoms. The molecule has 11 heteroatoms. The van der Waals surface area contributed by atoms with Crippen LogP contribution in [0.3, 0.4) is 0 Å². The summed E-state index contributed by atoms with van der Waals surface area (Å²) in [6.07, 6.45) is 5.31. The Morgan fingerprint density at radius 2 is 1.97 bits per heavy atom. The van der Waals surface area contributed by atoms with Crippen molar-refractivity contribution in [2.24, 2.45) is 7.05 Å². The van der Waals surface area contributed by atoms with Crippen LogP contribution in [0.1, 0.15) is 45.3 Å². The van der Waals surface area contributed by atoms with Gasteiger partial charge in [-0.1, -0.05) is 13.8 Å². The van der Waals surface area contributed by atoms with Gasteiger partial charge in [-0.3, -0.25) is 14.4 Å². The summed E-state index contributed by atoms with van der Waals surface area (Å²) >= 11 is 0. The quantitative estimate of drug-likeness (QED) is 0.409. The Labute approximate surface area is 208 Å². The van der Waals surface area contributed by atoms with Gasteiger partial charge in [0, 0.05) is 56.6 Å². The second kappa shape index (κ2) is 9.35. The summed E-state index contributed by atoms with van der Waals surface area (Å²) in [5.41, 5.74) is 3.53. The van der Waals surface area contributed by atoms with Gasteiger partial charge in [-0.2, -0.15) is 14.8 Å². The van der Waals surface area contributed by atoms with Gasteiger partial charge in [0.05, 0.1) is 29.2 Å². The van der Waals surface area contributed by atoms with E-state index in [1.165, 1.54) is 10.6 Å². The number of nitrogens with zero attached hydrogens (tertiary/aromatic N) is 9. The molecule has 36 heavy (non-hydrogen) atoms. The van der Waals surface area contributed by atoms with Crippen molar-refractivity contribution in [3.8, 4) is 6.07 Å². The SMILES string of the molecule is CC[C@H]1CN([C@@H](C)c2ccn3nc(F)cc3n2)[C@H](CC)CN1c1cc(=O)n(C)c2cn(CC#N)nc12. The summed E-state index contributed by atoms with van der Waals surface area (Å²) in [5, 5.41) is 17.6. The first-order chi connectivity index (χ1) is 17.3. The highest BCUT2D eigenvalue weighted by Crippen LogP contribution is 2.34. The molecule has 0 N–H and O–H groups in total. The standard InChI is InChI=1S/C25H30FN9O/c1-5-17-14-34(20-11-24(36)31(4)21-15-32(10-8-27)30-25(20)21)18(6-2)13-33(17)16(3)19-7-9-35-23(28-19)12-22(26)29-35/h7,9,11-12,15-18H,5-6,10,13-14H2,1-4H3/t16-,17+,18-/m0/s1. The van der Waals surface area contributed by atoms with Crippen LogP contribution in [0.4, 0.5) is 10.1 Å². The first-order valence-electron chi connectivity index (χ1n) is 12.3. The van der Waals surface area contributed by atoms with Crippen LogP contribution in [-0.4, -0.2) is 59.0 Å². The molecule has 1 saturated heterocycles. The first kappa shape index (κ1) is 23.9. The number of pyridine rings is 1. The Morgan fingerprint density at radius 1 is 1.19 bits per heavy atom. The Balaban J connectivity index is 1.50. The van der Waals surface area contributed by atoms with E-state index in [0.717, 1.165) is 48.3 Å². The maximum Gasteiger partial charge on any atom is 0.252 e. The van der Waals surface area contributed by atoms with E-state index in [2.05, 4.69) is 51.8 Å². The summed E-state index contributed by atoms with van der Waals surface area (Å²) in [6, 6.07) is 7.42. The zero-order chi connectivity index (χ0) is 25.6. The molecule has 4 aromatic heterocycles. The number of fused-ring (bicyclic) bond motifs is 2. The maximum absolute atomic E-state index is 13.6. The van der Waals surface area contributed by atoms with Crippen molar-refractivity contribution in [1.29, 1.82) is 5.26 Å². The van der Waals surface area contributed by atoms with Crippen molar-refractivity contribution in [3.05, 3.63) is 52.6 Å². The van der Waals surface area contributed by atoms with Crippen LogP contribution in [0, 0.1) is 17.3 Å². The van der Waals surface area contributed by atoms with E-state index in [-0.39, 0.29) is 30.2 Å². The number of nitriles is 1. The highest BCUT2D eigenvalue weighted by Gasteiger charge is 2.36. The molecule has 10 nitrogen and oxygen atoms in total. The summed E-state index contributed by atoms with van der Waals surface area (Å²) < 4.78 is 18.2. The monoisotopic (exact) mass is 491 g/mol. The Hall–Kier alpha value is -3.78. The largest absolute Gasteiger partial charge is 0.364 e. The van der Waals surface area contributed by atoms with Gasteiger partial charge in [0.1, 0.15) is 12.1 Å². The lowest BCUT2D eigenvalue weighted by Crippen LogP contribution is -2.59. The van der Waals surface area contributed by atoms with Crippen LogP contribution in [0.2, 0.25) is 0 Å². The highest BCUT2D eigenvalue weighted by atomic mass is 19.1. The lowest BCUT2D eigenvalue weighted by atomic mass is 9.98. The summed E-state index contributed by atoms with van der Waals surface area (Å²) in [5.74, 6) is -0.545. The number of anilines is 1. The number of halogens is 1. The van der Waals surface area contributed by atoms with Gasteiger partial charge in [-0.15, -0.1) is 5.10 Å². The van der Waals surface area contributed by atoms with Crippen molar-refractivity contribution >= 4 is 22.4 Å². The zero-order valence-electron chi connectivity index (χ0n) is 21.0. The fourth-order valence-electron chi connectivity index (χ4n) is 5.33. The van der Waals surface area contributed by atoms with Gasteiger partial charge < -0.3 is 9.47 Å². The van der Waals surface area contributed by atoms with Crippen LogP contribution in [0.25, 0.3) is 16.7 Å². The van der Waals surface area contributed by atoms with Crippen molar-refractivity contribution in [2.45, 2.75) is 58.3 Å². The Bertz CT molecular complexity index is 1510. The van der Waals surface area contributed by atoms with E-state index >= 15 is 0 Å². The van der Waals surface area contributed by atoms with Crippen molar-refractivity contribution in [3.63, 3.8) is 0 Å². The van der Waals surface area contributed by atoms with Crippen LogP contribution < -0.4 is 10.5 Å². The molecule has 0 radical (unpaired) electrons. The molecule has 0 amide bonds. The van der Waals surface area contributed by atoms with Crippen LogP contribution in [0.5, 0.6) is 0 Å². The maximum atomic E-state index is 13.6. The molecule has 1 fully saturated rings. The van der Waals surface area contributed by atoms with Crippen molar-refractivity contribution in [2.75, 3.05) is 18.0 Å². The highest BCUT2D eigenvalue weighted by molar-refractivity contribution is 5.88. The van der Waals surface area contributed by atoms with E-state index in [1.54, 1.807) is 34.8 Å². The fraction of sp³-hybridized carbons (Fsp3) is 0.480. The predicted molar refractivity (Wildman–Crippen MR) is 134 cm³/mol. The molecular weight excluding hydrogens is 461 g/mol. The van der Waals surface area contributed by atoms with E-state index in [1.807, 2.05) is 6.07 Å². The lowest BCUT2D eigenvalue weighted by Gasteiger charge is -2.49. The second-order valence-corrected chi connectivity index (χ2v) is 9.42. The molecule has 0 aliphatic carbocycles. The average molecular weight is 492 g/mol. The third-order valence-electron chi connectivity index (χ3n) is 7.40. The van der Waals surface area contributed by atoms with Gasteiger partial charge in [0.2, 0.25) is 5.95 Å². The number of hydrogen-bond donors (Lipinski definition) is 0. The molecule has 0 aromatic carbocycles. The van der Waals surface area contributed by atoms with Gasteiger partial charge in [-0.25, -0.2) is 9.50 Å². The van der Waals surface area contributed by atoms with Crippen LogP contribution in [-0.2, 0) is 13.6 Å². The fourth-order valence-corrected chi connectivity index (χ4v) is 5.33. The molecule has 3 atom stereocenters. The van der Waals surface area contributed by atoms with Crippen LogP contribution >= 0.6 is 0 Å². The van der Waals surface area contributed by atoms with Gasteiger partial charge in [-0.05, 0) is 25.8 Å². The molecule has 1 aliphatic rings. The minimum Gasteiger partial charge on any atom is -0.364 e. The smallest absolute Gasteiger partial charge is 0.252 e. The number of hydrogen-bond acceptors (Lipinski definition) is 7. The number of rotatable bonds is 6. The topological polar surface area (TPSA) is 100 Å². The minimum absolute atomic E-state index is 0.0209. The number of aryl methyl sites for hydroxylation is 1. The summed E-state index contributed by atoms with van der Waals surface area (Å²) in [4.78, 5) is 22.3. The van der Waals surface area contributed by atoms with Crippen molar-refractivity contribution in [1.82, 2.24) is 33.8 Å². The zero-order valence-corrected chi connectivity index (χ0v) is 21.0. The predicted octanol–water partition coefficient (Wildman–Crippen LogP) is 2.88. The average Bonchev–Trinajstić information content (AvgIpc) is 3.47. The Kier molecular flexibility index (Phi) is 6.22. The molecule has 0 unspecified atom stereocenters. The summed E-state index contributed by atoms with van der Waals surface area (Å²) in [6.45, 7) is 8.09. The Morgan fingerprint density at radius 3 is 2.69 bits per heavy atom. The van der Waals surface area contributed by atoms with E-state index in [4.69, 9.17) is 5.26 Å². The molecular formula is C25H30FN9O. The van der Waals surface area contributed by atoms with Gasteiger partial charge in [0.15, 0.2) is 5.65 Å². The summed E-state index contributed by atoms with van der Waals surface area (Å²) in [7, 11) is 1.73. The second-order valence-electron chi connectivity index (χ2n) is 9.42. The van der Waals surface area contributed by atoms with E-state index in [0.29, 0.717) is 5.65 Å². The molecule has 0 bridgehead atoms. The molecule has 0 saturated carbocycles. The lowest BCUT2D eigenvalue weighted by molar-refractivity contribution is 0.0992. The molecule has 188 valence electrons. The number of aromatic nitrogens is 6.